The highest BCUT2D eigenvalue weighted by Crippen LogP contribution is 2.31. The number of hydrogen-bond acceptors (Lipinski definition) is 7. The third-order valence-corrected chi connectivity index (χ3v) is 4.51. The third kappa shape index (κ3) is 4.19. The molecule has 0 heterocycles. The summed E-state index contributed by atoms with van der Waals surface area (Å²) in [5.74, 6) is -4.78. The molecule has 1 saturated carbocycles. The summed E-state index contributed by atoms with van der Waals surface area (Å²) < 4.78 is 9.31. The Bertz CT molecular complexity index is 728. The molecule has 0 saturated heterocycles. The Balaban J connectivity index is 2.33. The Kier molecular flexibility index (Phi) is 6.32. The first kappa shape index (κ1) is 19.4. The molecule has 1 aromatic rings. The van der Waals surface area contributed by atoms with Gasteiger partial charge in [-0.15, -0.1) is 0 Å². The van der Waals surface area contributed by atoms with E-state index in [0.29, 0.717) is 19.3 Å². The van der Waals surface area contributed by atoms with Crippen LogP contribution < -0.4 is 10.4 Å². The Morgan fingerprint density at radius 2 is 1.62 bits per heavy atom. The molecular formula is C18H20NO7-. The lowest BCUT2D eigenvalue weighted by atomic mass is 9.78. The quantitative estimate of drug-likeness (QED) is 0.767. The number of carboxylic acid groups (broad SMARTS) is 1. The zero-order valence-electron chi connectivity index (χ0n) is 14.6. The molecule has 0 aliphatic heterocycles. The first-order chi connectivity index (χ1) is 12.4. The van der Waals surface area contributed by atoms with Crippen molar-refractivity contribution in [2.75, 3.05) is 19.5 Å². The largest absolute Gasteiger partial charge is 0.550 e. The highest BCUT2D eigenvalue weighted by atomic mass is 16.5. The van der Waals surface area contributed by atoms with Gasteiger partial charge in [0.25, 0.3) is 0 Å². The molecule has 0 spiro atoms. The lowest BCUT2D eigenvalue weighted by Crippen LogP contribution is -2.42. The van der Waals surface area contributed by atoms with Crippen molar-refractivity contribution >= 4 is 29.5 Å². The number of carbonyl (C=O) groups excluding carboxylic acids is 4. The summed E-state index contributed by atoms with van der Waals surface area (Å²) >= 11 is 0. The number of rotatable bonds is 5. The number of esters is 2. The molecule has 0 bridgehead atoms. The van der Waals surface area contributed by atoms with Crippen molar-refractivity contribution in [3.8, 4) is 0 Å². The molecule has 1 fully saturated rings. The summed E-state index contributed by atoms with van der Waals surface area (Å²) in [4.78, 5) is 47.6. The Hall–Kier alpha value is -2.90. The van der Waals surface area contributed by atoms with Gasteiger partial charge in [-0.3, -0.25) is 4.79 Å². The smallest absolute Gasteiger partial charge is 0.339 e. The molecule has 0 aromatic heterocycles. The number of nitrogens with one attached hydrogen (secondary N) is 1. The molecule has 2 rings (SSSR count). The average molecular weight is 362 g/mol. The number of methoxy groups -OCH3 is 2. The first-order valence-corrected chi connectivity index (χ1v) is 8.21. The number of carboxylic acids is 1. The zero-order valence-corrected chi connectivity index (χ0v) is 14.6. The fourth-order valence-electron chi connectivity index (χ4n) is 3.13. The number of hydrogen-bond donors (Lipinski definition) is 1. The van der Waals surface area contributed by atoms with Crippen LogP contribution in [0.4, 0.5) is 5.69 Å². The van der Waals surface area contributed by atoms with Crippen molar-refractivity contribution in [1.29, 1.82) is 0 Å². The zero-order chi connectivity index (χ0) is 19.3. The summed E-state index contributed by atoms with van der Waals surface area (Å²) in [6.07, 6.45) is 2.22. The van der Waals surface area contributed by atoms with E-state index >= 15 is 0 Å². The Morgan fingerprint density at radius 3 is 2.19 bits per heavy atom. The second-order valence-electron chi connectivity index (χ2n) is 6.05. The second-order valence-corrected chi connectivity index (χ2v) is 6.05. The molecule has 2 atom stereocenters. The number of carbonyl (C=O) groups is 4. The number of amides is 1. The Morgan fingerprint density at radius 1 is 1.00 bits per heavy atom. The van der Waals surface area contributed by atoms with E-state index in [1.54, 1.807) is 0 Å². The molecule has 140 valence electrons. The topological polar surface area (TPSA) is 122 Å². The van der Waals surface area contributed by atoms with Gasteiger partial charge in [-0.25, -0.2) is 9.59 Å². The van der Waals surface area contributed by atoms with Crippen LogP contribution in [-0.2, 0) is 19.1 Å². The van der Waals surface area contributed by atoms with Crippen molar-refractivity contribution in [1.82, 2.24) is 0 Å². The van der Waals surface area contributed by atoms with Crippen LogP contribution in [0.25, 0.3) is 0 Å². The standard InChI is InChI=1S/C18H21NO7/c1-25-17(23)10-7-8-13(18(24)26-2)14(9-10)19-15(20)11-5-3-4-6-12(11)16(21)22/h7-9,11-12H,3-6H2,1-2H3,(H,19,20)(H,21,22)/p-1/t11-,12-/m1/s1. The molecule has 0 unspecified atom stereocenters. The minimum Gasteiger partial charge on any atom is -0.550 e. The fraction of sp³-hybridized carbons (Fsp3) is 0.444. The highest BCUT2D eigenvalue weighted by Gasteiger charge is 2.32. The van der Waals surface area contributed by atoms with Crippen LogP contribution in [0.3, 0.4) is 0 Å². The van der Waals surface area contributed by atoms with Gasteiger partial charge >= 0.3 is 11.9 Å². The van der Waals surface area contributed by atoms with E-state index in [1.165, 1.54) is 32.4 Å². The lowest BCUT2D eigenvalue weighted by Gasteiger charge is -2.31. The molecule has 1 amide bonds. The highest BCUT2D eigenvalue weighted by molar-refractivity contribution is 6.04. The van der Waals surface area contributed by atoms with E-state index in [4.69, 9.17) is 0 Å². The van der Waals surface area contributed by atoms with E-state index in [0.717, 1.165) is 6.42 Å². The Labute approximate surface area is 150 Å². The van der Waals surface area contributed by atoms with Crippen LogP contribution >= 0.6 is 0 Å². The van der Waals surface area contributed by atoms with Crippen molar-refractivity contribution < 1.29 is 33.8 Å². The molecule has 1 aromatic carbocycles. The van der Waals surface area contributed by atoms with Gasteiger partial charge in [-0.05, 0) is 31.0 Å². The second kappa shape index (κ2) is 8.46. The van der Waals surface area contributed by atoms with Gasteiger partial charge in [0.2, 0.25) is 5.91 Å². The lowest BCUT2D eigenvalue weighted by molar-refractivity contribution is -0.313. The number of anilines is 1. The summed E-state index contributed by atoms with van der Waals surface area (Å²) in [5.41, 5.74) is 0.247. The molecule has 1 N–H and O–H groups in total. The maximum atomic E-state index is 12.6. The predicted octanol–water partition coefficient (Wildman–Crippen LogP) is 0.755. The fourth-order valence-corrected chi connectivity index (χ4v) is 3.13. The van der Waals surface area contributed by atoms with Gasteiger partial charge in [-0.2, -0.15) is 0 Å². The van der Waals surface area contributed by atoms with E-state index in [-0.39, 0.29) is 16.8 Å². The van der Waals surface area contributed by atoms with Crippen LogP contribution in [0.2, 0.25) is 0 Å². The van der Waals surface area contributed by atoms with Crippen LogP contribution in [0.15, 0.2) is 18.2 Å². The maximum absolute atomic E-state index is 12.6. The van der Waals surface area contributed by atoms with Crippen LogP contribution in [-0.4, -0.2) is 38.0 Å². The monoisotopic (exact) mass is 362 g/mol. The summed E-state index contributed by atoms with van der Waals surface area (Å²) in [5, 5.41) is 13.9. The summed E-state index contributed by atoms with van der Waals surface area (Å²) in [6.45, 7) is 0. The van der Waals surface area contributed by atoms with Gasteiger partial charge in [0.15, 0.2) is 0 Å². The van der Waals surface area contributed by atoms with Crippen molar-refractivity contribution in [3.63, 3.8) is 0 Å². The van der Waals surface area contributed by atoms with Gasteiger partial charge in [0.05, 0.1) is 31.0 Å². The van der Waals surface area contributed by atoms with E-state index < -0.39 is 35.7 Å². The van der Waals surface area contributed by atoms with E-state index in [1.807, 2.05) is 0 Å². The van der Waals surface area contributed by atoms with Gasteiger partial charge in [0.1, 0.15) is 0 Å². The van der Waals surface area contributed by atoms with Crippen LogP contribution in [0.5, 0.6) is 0 Å². The van der Waals surface area contributed by atoms with Crippen LogP contribution in [0, 0.1) is 11.8 Å². The molecule has 8 nitrogen and oxygen atoms in total. The predicted molar refractivity (Wildman–Crippen MR) is 88.2 cm³/mol. The van der Waals surface area contributed by atoms with Crippen molar-refractivity contribution in [2.24, 2.45) is 11.8 Å². The molecule has 1 aliphatic rings. The third-order valence-electron chi connectivity index (χ3n) is 4.51. The molecule has 8 heteroatoms. The molecule has 26 heavy (non-hydrogen) atoms. The minimum absolute atomic E-state index is 0.0503. The molecule has 1 aliphatic carbocycles. The van der Waals surface area contributed by atoms with Gasteiger partial charge < -0.3 is 24.7 Å². The number of ether oxygens (including phenoxy) is 2. The number of aliphatic carboxylic acids is 1. The molecular weight excluding hydrogens is 342 g/mol. The molecule has 0 radical (unpaired) electrons. The first-order valence-electron chi connectivity index (χ1n) is 8.21. The maximum Gasteiger partial charge on any atom is 0.339 e. The van der Waals surface area contributed by atoms with Crippen molar-refractivity contribution in [2.45, 2.75) is 25.7 Å². The van der Waals surface area contributed by atoms with Crippen LogP contribution in [0.1, 0.15) is 46.4 Å². The van der Waals surface area contributed by atoms with Gasteiger partial charge in [-0.1, -0.05) is 12.8 Å². The number of benzene rings is 1. The minimum atomic E-state index is -1.26. The average Bonchev–Trinajstić information content (AvgIpc) is 2.66. The van der Waals surface area contributed by atoms with E-state index in [2.05, 4.69) is 14.8 Å². The van der Waals surface area contributed by atoms with E-state index in [9.17, 15) is 24.3 Å². The summed E-state index contributed by atoms with van der Waals surface area (Å²) in [6, 6.07) is 4.01. The SMILES string of the molecule is COC(=O)c1ccc(C(=O)OC)c(NC(=O)[C@@H]2CCCC[C@H]2C(=O)[O-])c1. The van der Waals surface area contributed by atoms with Gasteiger partial charge in [0, 0.05) is 17.8 Å². The normalized spacial score (nSPS) is 19.3. The summed E-state index contributed by atoms with van der Waals surface area (Å²) in [7, 11) is 2.40. The van der Waals surface area contributed by atoms with Crippen molar-refractivity contribution in [3.05, 3.63) is 29.3 Å².